The van der Waals surface area contributed by atoms with Crippen LogP contribution in [0.4, 0.5) is 11.4 Å². The number of rotatable bonds is 4. The predicted molar refractivity (Wildman–Crippen MR) is 134 cm³/mol. The Labute approximate surface area is 204 Å². The van der Waals surface area contributed by atoms with Crippen molar-refractivity contribution < 1.29 is 19.1 Å². The summed E-state index contributed by atoms with van der Waals surface area (Å²) < 4.78 is 11.3. The van der Waals surface area contributed by atoms with Crippen LogP contribution >= 0.6 is 11.8 Å². The van der Waals surface area contributed by atoms with E-state index in [4.69, 9.17) is 14.5 Å². The minimum absolute atomic E-state index is 0.0265. The first kappa shape index (κ1) is 22.8. The lowest BCUT2D eigenvalue weighted by atomic mass is 10.0. The van der Waals surface area contributed by atoms with Gasteiger partial charge in [-0.05, 0) is 36.1 Å². The van der Waals surface area contributed by atoms with Gasteiger partial charge in [0.25, 0.3) is 0 Å². The van der Waals surface area contributed by atoms with Crippen molar-refractivity contribution in [3.05, 3.63) is 48.0 Å². The van der Waals surface area contributed by atoms with E-state index >= 15 is 0 Å². The number of aliphatic imine (C=N–C) groups is 1. The van der Waals surface area contributed by atoms with Gasteiger partial charge in [-0.3, -0.25) is 14.5 Å². The van der Waals surface area contributed by atoms with Gasteiger partial charge in [0.1, 0.15) is 13.2 Å². The van der Waals surface area contributed by atoms with Crippen LogP contribution in [0.3, 0.4) is 0 Å². The molecule has 2 aromatic carbocycles. The Bertz CT molecular complexity index is 1130. The first-order chi connectivity index (χ1) is 16.5. The zero-order chi connectivity index (χ0) is 23.7. The first-order valence-corrected chi connectivity index (χ1v) is 12.8. The summed E-state index contributed by atoms with van der Waals surface area (Å²) in [5.74, 6) is 2.11. The molecule has 3 aliphatic heterocycles. The third-order valence-corrected chi connectivity index (χ3v) is 7.40. The van der Waals surface area contributed by atoms with Crippen molar-refractivity contribution in [1.82, 2.24) is 4.90 Å². The van der Waals surface area contributed by atoms with Gasteiger partial charge < -0.3 is 14.4 Å². The van der Waals surface area contributed by atoms with Crippen LogP contribution < -0.4 is 14.4 Å². The van der Waals surface area contributed by atoms with Gasteiger partial charge in [0, 0.05) is 37.0 Å². The molecule has 2 saturated heterocycles. The third-order valence-electron chi connectivity index (χ3n) is 6.34. The number of anilines is 1. The lowest BCUT2D eigenvalue weighted by Crippen LogP contribution is -2.43. The number of amides is 2. The number of fused-ring (bicyclic) bond motifs is 1. The van der Waals surface area contributed by atoms with Gasteiger partial charge in [-0.1, -0.05) is 43.8 Å². The van der Waals surface area contributed by atoms with Gasteiger partial charge in [-0.2, -0.15) is 0 Å². The Morgan fingerprint density at radius 2 is 1.91 bits per heavy atom. The normalized spacial score (nSPS) is 21.4. The molecule has 0 saturated carbocycles. The van der Waals surface area contributed by atoms with Crippen LogP contribution in [-0.2, 0) is 9.59 Å². The second kappa shape index (κ2) is 9.70. The van der Waals surface area contributed by atoms with Crippen molar-refractivity contribution in [3.63, 3.8) is 0 Å². The summed E-state index contributed by atoms with van der Waals surface area (Å²) in [6.07, 6.45) is 1.11. The quantitative estimate of drug-likeness (QED) is 0.642. The van der Waals surface area contributed by atoms with Crippen LogP contribution in [0.1, 0.15) is 38.2 Å². The molecule has 178 valence electrons. The zero-order valence-corrected chi connectivity index (χ0v) is 20.3. The molecule has 0 aliphatic carbocycles. The van der Waals surface area contributed by atoms with Gasteiger partial charge in [-0.15, -0.1) is 0 Å². The molecule has 7 nitrogen and oxygen atoms in total. The van der Waals surface area contributed by atoms with Crippen molar-refractivity contribution in [3.8, 4) is 11.5 Å². The van der Waals surface area contributed by atoms with E-state index in [0.29, 0.717) is 43.7 Å². The SMILES string of the molecule is CC(C)c1ccccc1N=C1SCCCN1C(=O)[C@H]1CC(=O)N(c2ccc3c(c2)OCCO3)C1. The Hall–Kier alpha value is -3.00. The molecule has 2 aromatic rings. The molecule has 34 heavy (non-hydrogen) atoms. The van der Waals surface area contributed by atoms with Crippen LogP contribution in [0.15, 0.2) is 47.5 Å². The first-order valence-electron chi connectivity index (χ1n) is 11.8. The van der Waals surface area contributed by atoms with E-state index in [1.165, 1.54) is 0 Å². The van der Waals surface area contributed by atoms with E-state index in [-0.39, 0.29) is 18.2 Å². The monoisotopic (exact) mass is 479 g/mol. The molecule has 8 heteroatoms. The average Bonchev–Trinajstić information content (AvgIpc) is 3.25. The van der Waals surface area contributed by atoms with Gasteiger partial charge in [0.15, 0.2) is 16.7 Å². The number of ether oxygens (including phenoxy) is 2. The molecule has 0 spiro atoms. The maximum Gasteiger partial charge on any atom is 0.233 e. The van der Waals surface area contributed by atoms with Crippen molar-refractivity contribution in [2.24, 2.45) is 10.9 Å². The molecule has 2 fully saturated rings. The number of para-hydroxylation sites is 1. The van der Waals surface area contributed by atoms with Gasteiger partial charge in [0.05, 0.1) is 11.6 Å². The molecular formula is C26H29N3O4S. The Morgan fingerprint density at radius 1 is 1.12 bits per heavy atom. The minimum atomic E-state index is -0.398. The number of hydrogen-bond donors (Lipinski definition) is 0. The Balaban J connectivity index is 1.36. The number of carbonyl (C=O) groups is 2. The molecule has 5 rings (SSSR count). The van der Waals surface area contributed by atoms with Crippen LogP contribution in [-0.4, -0.2) is 53.9 Å². The summed E-state index contributed by atoms with van der Waals surface area (Å²) >= 11 is 1.61. The highest BCUT2D eigenvalue weighted by atomic mass is 32.2. The van der Waals surface area contributed by atoms with Crippen molar-refractivity contribution in [2.45, 2.75) is 32.6 Å². The van der Waals surface area contributed by atoms with E-state index < -0.39 is 5.92 Å². The van der Waals surface area contributed by atoms with E-state index in [0.717, 1.165) is 34.3 Å². The number of benzene rings is 2. The smallest absolute Gasteiger partial charge is 0.233 e. The highest BCUT2D eigenvalue weighted by molar-refractivity contribution is 8.13. The third kappa shape index (κ3) is 4.51. The molecule has 0 N–H and O–H groups in total. The number of amidine groups is 1. The van der Waals surface area contributed by atoms with Crippen molar-refractivity contribution in [2.75, 3.05) is 37.0 Å². The highest BCUT2D eigenvalue weighted by Crippen LogP contribution is 2.37. The van der Waals surface area contributed by atoms with E-state index in [2.05, 4.69) is 19.9 Å². The minimum Gasteiger partial charge on any atom is -0.486 e. The summed E-state index contributed by atoms with van der Waals surface area (Å²) in [7, 11) is 0. The summed E-state index contributed by atoms with van der Waals surface area (Å²) in [5.41, 5.74) is 2.80. The molecule has 0 bridgehead atoms. The van der Waals surface area contributed by atoms with E-state index in [1.807, 2.05) is 36.4 Å². The second-order valence-corrected chi connectivity index (χ2v) is 10.1. The fourth-order valence-corrected chi connectivity index (χ4v) is 5.54. The zero-order valence-electron chi connectivity index (χ0n) is 19.5. The fourth-order valence-electron chi connectivity index (χ4n) is 4.58. The summed E-state index contributed by atoms with van der Waals surface area (Å²) in [6.45, 7) is 6.28. The van der Waals surface area contributed by atoms with Gasteiger partial charge >= 0.3 is 0 Å². The maximum atomic E-state index is 13.6. The van der Waals surface area contributed by atoms with Crippen LogP contribution in [0.2, 0.25) is 0 Å². The van der Waals surface area contributed by atoms with E-state index in [9.17, 15) is 9.59 Å². The predicted octanol–water partition coefficient (Wildman–Crippen LogP) is 4.59. The summed E-state index contributed by atoms with van der Waals surface area (Å²) in [4.78, 5) is 34.8. The van der Waals surface area contributed by atoms with Crippen LogP contribution in [0.5, 0.6) is 11.5 Å². The standard InChI is InChI=1S/C26H29N3O4S/c1-17(2)20-6-3-4-7-21(20)27-26-28(10-5-13-34-26)25(31)18-14-24(30)29(16-18)19-8-9-22-23(15-19)33-12-11-32-22/h3-4,6-9,15,17-18H,5,10-14,16H2,1-2H3/t18-/m0/s1. The fraction of sp³-hybridized carbons (Fsp3) is 0.423. The molecule has 1 atom stereocenters. The van der Waals surface area contributed by atoms with Gasteiger partial charge in [-0.25, -0.2) is 4.99 Å². The summed E-state index contributed by atoms with van der Waals surface area (Å²) in [5, 5.41) is 0.731. The topological polar surface area (TPSA) is 71.4 Å². The van der Waals surface area contributed by atoms with Gasteiger partial charge in [0.2, 0.25) is 11.8 Å². The maximum absolute atomic E-state index is 13.6. The molecule has 0 unspecified atom stereocenters. The van der Waals surface area contributed by atoms with Crippen LogP contribution in [0.25, 0.3) is 0 Å². The molecule has 3 heterocycles. The molecule has 2 amide bonds. The highest BCUT2D eigenvalue weighted by Gasteiger charge is 2.39. The van der Waals surface area contributed by atoms with Crippen LogP contribution in [0, 0.1) is 5.92 Å². The molecular weight excluding hydrogens is 450 g/mol. The van der Waals surface area contributed by atoms with Crippen molar-refractivity contribution in [1.29, 1.82) is 0 Å². The number of thioether (sulfide) groups is 1. The van der Waals surface area contributed by atoms with E-state index in [1.54, 1.807) is 21.6 Å². The molecule has 0 radical (unpaired) electrons. The molecule has 3 aliphatic rings. The van der Waals surface area contributed by atoms with Crippen molar-refractivity contribution >= 4 is 40.1 Å². The number of hydrogen-bond acceptors (Lipinski definition) is 6. The second-order valence-electron chi connectivity index (χ2n) is 9.03. The summed E-state index contributed by atoms with van der Waals surface area (Å²) in [6, 6.07) is 13.6. The largest absolute Gasteiger partial charge is 0.486 e. The Morgan fingerprint density at radius 3 is 2.74 bits per heavy atom. The Kier molecular flexibility index (Phi) is 6.50. The lowest BCUT2D eigenvalue weighted by molar-refractivity contribution is -0.132. The average molecular weight is 480 g/mol. The lowest BCUT2D eigenvalue weighted by Gasteiger charge is -2.30. The number of carbonyl (C=O) groups excluding carboxylic acids is 2. The number of nitrogens with zero attached hydrogens (tertiary/aromatic N) is 3. The molecule has 0 aromatic heterocycles.